The van der Waals surface area contributed by atoms with Gasteiger partial charge in [-0.25, -0.2) is 4.39 Å². The summed E-state index contributed by atoms with van der Waals surface area (Å²) in [5.74, 6) is -0.397. The Bertz CT molecular complexity index is 978. The largest absolute Gasteiger partial charge is 0.492 e. The molecule has 0 radical (unpaired) electrons. The van der Waals surface area contributed by atoms with Crippen LogP contribution in [0.2, 0.25) is 0 Å². The lowest BCUT2D eigenvalue weighted by atomic mass is 10.1. The first-order chi connectivity index (χ1) is 11.7. The lowest BCUT2D eigenvalue weighted by molar-refractivity contribution is 0.457. The van der Waals surface area contributed by atoms with Crippen molar-refractivity contribution in [1.82, 2.24) is 4.98 Å². The van der Waals surface area contributed by atoms with Gasteiger partial charge in [-0.15, -0.1) is 0 Å². The van der Waals surface area contributed by atoms with Crippen molar-refractivity contribution in [2.45, 2.75) is 0 Å². The molecule has 0 fully saturated rings. The fraction of sp³-hybridized carbons (Fsp3) is 0. The fourth-order valence-electron chi connectivity index (χ4n) is 2.46. The summed E-state index contributed by atoms with van der Waals surface area (Å²) >= 11 is 1.29. The number of para-hydroxylation sites is 1. The molecule has 118 valence electrons. The van der Waals surface area contributed by atoms with E-state index in [4.69, 9.17) is 0 Å². The third-order valence-electron chi connectivity index (χ3n) is 3.55. The number of rotatable bonds is 3. The van der Waals surface area contributed by atoms with E-state index >= 15 is 0 Å². The van der Waals surface area contributed by atoms with Crippen LogP contribution in [0.5, 0.6) is 5.88 Å². The topological polar surface area (TPSA) is 57.5 Å². The van der Waals surface area contributed by atoms with Crippen molar-refractivity contribution < 1.29 is 9.50 Å². The Morgan fingerprint density at radius 3 is 2.88 bits per heavy atom. The molecule has 0 unspecified atom stereocenters. The minimum Gasteiger partial charge on any atom is -0.492 e. The molecular formula is C18H12FN3OS. The standard InChI is InChI=1S/C18H12FN3OS/c19-12-4-3-5-13(9-12)21-18-22-17(23)16(24-18)8-11-10-20-15-7-2-1-6-14(11)15/h1-10,23H,(H,21,22). The second-order valence-corrected chi connectivity index (χ2v) is 6.25. The molecule has 6 heteroatoms. The van der Waals surface area contributed by atoms with Crippen LogP contribution < -0.4 is 5.32 Å². The molecule has 1 aromatic heterocycles. The minimum atomic E-state index is -0.332. The Morgan fingerprint density at radius 2 is 2.00 bits per heavy atom. The summed E-state index contributed by atoms with van der Waals surface area (Å²) < 4.78 is 13.2. The average Bonchev–Trinajstić information content (AvgIpc) is 3.12. The van der Waals surface area contributed by atoms with Crippen LogP contribution >= 0.6 is 11.3 Å². The third-order valence-corrected chi connectivity index (χ3v) is 4.46. The molecular weight excluding hydrogens is 325 g/mol. The van der Waals surface area contributed by atoms with E-state index in [1.807, 2.05) is 30.3 Å². The van der Waals surface area contributed by atoms with Gasteiger partial charge in [-0.2, -0.15) is 4.98 Å². The Morgan fingerprint density at radius 1 is 1.12 bits per heavy atom. The normalized spacial score (nSPS) is 14.1. The maximum atomic E-state index is 13.2. The molecule has 2 aromatic carbocycles. The van der Waals surface area contributed by atoms with E-state index in [0.29, 0.717) is 15.7 Å². The highest BCUT2D eigenvalue weighted by Crippen LogP contribution is 2.37. The zero-order chi connectivity index (χ0) is 16.5. The number of thiazole rings is 1. The summed E-state index contributed by atoms with van der Waals surface area (Å²) in [6, 6.07) is 13.9. The molecule has 0 bridgehead atoms. The number of aromatic hydroxyl groups is 1. The molecule has 1 aliphatic rings. The Labute approximate surface area is 141 Å². The first kappa shape index (κ1) is 14.6. The average molecular weight is 337 g/mol. The van der Waals surface area contributed by atoms with Crippen molar-refractivity contribution in [3.05, 3.63) is 64.8 Å². The first-order valence-electron chi connectivity index (χ1n) is 7.26. The SMILES string of the molecule is Oc1nc(Nc2cccc(F)c2)sc1C=C1C=Nc2ccccc21. The maximum absolute atomic E-state index is 13.2. The van der Waals surface area contributed by atoms with Crippen molar-refractivity contribution in [3.63, 3.8) is 0 Å². The van der Waals surface area contributed by atoms with Crippen LogP contribution in [-0.4, -0.2) is 16.3 Å². The predicted octanol–water partition coefficient (Wildman–Crippen LogP) is 4.99. The molecule has 0 atom stereocenters. The monoisotopic (exact) mass is 337 g/mol. The highest BCUT2D eigenvalue weighted by molar-refractivity contribution is 7.16. The Kier molecular flexibility index (Phi) is 3.59. The van der Waals surface area contributed by atoms with Crippen LogP contribution in [0.3, 0.4) is 0 Å². The molecule has 2 N–H and O–H groups in total. The summed E-state index contributed by atoms with van der Waals surface area (Å²) in [7, 11) is 0. The van der Waals surface area contributed by atoms with Gasteiger partial charge in [0.1, 0.15) is 5.82 Å². The van der Waals surface area contributed by atoms with Gasteiger partial charge in [0.15, 0.2) is 5.13 Å². The second kappa shape index (κ2) is 5.90. The van der Waals surface area contributed by atoms with Crippen LogP contribution in [0, 0.1) is 5.82 Å². The van der Waals surface area contributed by atoms with Gasteiger partial charge in [0.25, 0.3) is 0 Å². The van der Waals surface area contributed by atoms with Crippen LogP contribution in [0.1, 0.15) is 10.4 Å². The number of halogens is 1. The first-order valence-corrected chi connectivity index (χ1v) is 8.08. The van der Waals surface area contributed by atoms with Crippen LogP contribution in [-0.2, 0) is 0 Å². The van der Waals surface area contributed by atoms with Crippen LogP contribution in [0.4, 0.5) is 20.9 Å². The zero-order valence-electron chi connectivity index (χ0n) is 12.4. The smallest absolute Gasteiger partial charge is 0.231 e. The molecule has 3 aromatic rings. The van der Waals surface area contributed by atoms with E-state index in [1.165, 1.54) is 23.5 Å². The number of nitrogens with one attached hydrogen (secondary N) is 1. The lowest BCUT2D eigenvalue weighted by Gasteiger charge is -2.01. The fourth-order valence-corrected chi connectivity index (χ4v) is 3.29. The van der Waals surface area contributed by atoms with Crippen molar-refractivity contribution in [1.29, 1.82) is 0 Å². The molecule has 1 aliphatic heterocycles. The number of anilines is 2. The molecule has 4 rings (SSSR count). The number of aliphatic imine (C=N–C) groups is 1. The van der Waals surface area contributed by atoms with Crippen molar-refractivity contribution in [3.8, 4) is 5.88 Å². The molecule has 0 saturated carbocycles. The quantitative estimate of drug-likeness (QED) is 0.708. The molecule has 0 aliphatic carbocycles. The summed E-state index contributed by atoms with van der Waals surface area (Å²) in [4.78, 5) is 9.05. The number of nitrogens with zero attached hydrogens (tertiary/aromatic N) is 2. The van der Waals surface area contributed by atoms with Crippen molar-refractivity contribution in [2.24, 2.45) is 4.99 Å². The number of hydrogen-bond acceptors (Lipinski definition) is 5. The van der Waals surface area contributed by atoms with Gasteiger partial charge in [0, 0.05) is 23.0 Å². The number of allylic oxidation sites excluding steroid dienone is 1. The molecule has 0 spiro atoms. The number of hydrogen-bond donors (Lipinski definition) is 2. The van der Waals surface area contributed by atoms with Crippen molar-refractivity contribution in [2.75, 3.05) is 5.32 Å². The van der Waals surface area contributed by atoms with E-state index < -0.39 is 0 Å². The van der Waals surface area contributed by atoms with Gasteiger partial charge in [0.05, 0.1) is 10.6 Å². The van der Waals surface area contributed by atoms with Gasteiger partial charge in [-0.1, -0.05) is 35.6 Å². The predicted molar refractivity (Wildman–Crippen MR) is 95.9 cm³/mol. The van der Waals surface area contributed by atoms with Gasteiger partial charge in [-0.3, -0.25) is 4.99 Å². The highest BCUT2D eigenvalue weighted by atomic mass is 32.1. The molecule has 4 nitrogen and oxygen atoms in total. The molecule has 0 amide bonds. The van der Waals surface area contributed by atoms with Crippen LogP contribution in [0.25, 0.3) is 11.6 Å². The van der Waals surface area contributed by atoms with Gasteiger partial charge >= 0.3 is 0 Å². The summed E-state index contributed by atoms with van der Waals surface area (Å²) in [5, 5.41) is 13.6. The van der Waals surface area contributed by atoms with Gasteiger partial charge in [-0.05, 0) is 30.3 Å². The molecule has 24 heavy (non-hydrogen) atoms. The van der Waals surface area contributed by atoms with E-state index in [2.05, 4.69) is 15.3 Å². The summed E-state index contributed by atoms with van der Waals surface area (Å²) in [6.07, 6.45) is 3.61. The third kappa shape index (κ3) is 2.79. The molecule has 2 heterocycles. The summed E-state index contributed by atoms with van der Waals surface area (Å²) in [6.45, 7) is 0. The van der Waals surface area contributed by atoms with E-state index in [0.717, 1.165) is 16.8 Å². The highest BCUT2D eigenvalue weighted by Gasteiger charge is 2.14. The van der Waals surface area contributed by atoms with E-state index in [9.17, 15) is 9.50 Å². The molecule has 0 saturated heterocycles. The second-order valence-electron chi connectivity index (χ2n) is 5.22. The number of benzene rings is 2. The number of aromatic nitrogens is 1. The van der Waals surface area contributed by atoms with Gasteiger partial charge in [0.2, 0.25) is 5.88 Å². The zero-order valence-corrected chi connectivity index (χ0v) is 13.2. The van der Waals surface area contributed by atoms with Crippen molar-refractivity contribution >= 4 is 45.7 Å². The van der Waals surface area contributed by atoms with E-state index in [1.54, 1.807) is 18.3 Å². The Hall–Kier alpha value is -2.99. The van der Waals surface area contributed by atoms with Crippen LogP contribution in [0.15, 0.2) is 53.5 Å². The summed E-state index contributed by atoms with van der Waals surface area (Å²) in [5.41, 5.74) is 3.42. The van der Waals surface area contributed by atoms with E-state index in [-0.39, 0.29) is 11.7 Å². The Balaban J connectivity index is 1.63. The lowest BCUT2D eigenvalue weighted by Crippen LogP contribution is -1.89. The number of fused-ring (bicyclic) bond motifs is 1. The minimum absolute atomic E-state index is 0.0656. The maximum Gasteiger partial charge on any atom is 0.231 e. The van der Waals surface area contributed by atoms with Gasteiger partial charge < -0.3 is 10.4 Å².